The molecule has 1 aromatic carbocycles. The van der Waals surface area contributed by atoms with E-state index in [-0.39, 0.29) is 5.75 Å². The van der Waals surface area contributed by atoms with Crippen molar-refractivity contribution in [1.82, 2.24) is 0 Å². The third kappa shape index (κ3) is 2.63. The summed E-state index contributed by atoms with van der Waals surface area (Å²) in [5.41, 5.74) is 7.48. The number of hydrogen-bond donors (Lipinski definition) is 2. The molecule has 1 aromatic rings. The Balaban J connectivity index is 3.03. The van der Waals surface area contributed by atoms with Crippen LogP contribution in [0.1, 0.15) is 12.5 Å². The molecule has 0 spiro atoms. The van der Waals surface area contributed by atoms with Gasteiger partial charge in [-0.05, 0) is 31.5 Å². The van der Waals surface area contributed by atoms with E-state index in [9.17, 15) is 8.42 Å². The number of sulfonamides is 1. The van der Waals surface area contributed by atoms with Crippen molar-refractivity contribution in [3.63, 3.8) is 0 Å². The second-order valence-corrected chi connectivity index (χ2v) is 5.11. The summed E-state index contributed by atoms with van der Waals surface area (Å²) in [6.45, 7) is 3.46. The molecule has 0 aromatic heterocycles. The Hall–Kier alpha value is -1.23. The molecular weight excluding hydrogens is 200 g/mol. The zero-order valence-electron chi connectivity index (χ0n) is 8.24. The summed E-state index contributed by atoms with van der Waals surface area (Å²) in [5, 5.41) is 0. The van der Waals surface area contributed by atoms with Gasteiger partial charge in [0.1, 0.15) is 0 Å². The third-order valence-electron chi connectivity index (χ3n) is 1.85. The van der Waals surface area contributed by atoms with Crippen molar-refractivity contribution in [3.05, 3.63) is 23.8 Å². The maximum absolute atomic E-state index is 11.3. The van der Waals surface area contributed by atoms with E-state index in [1.165, 1.54) is 0 Å². The number of nitrogen functional groups attached to an aromatic ring is 1. The molecule has 3 N–H and O–H groups in total. The van der Waals surface area contributed by atoms with Gasteiger partial charge in [0.05, 0.1) is 17.1 Å². The van der Waals surface area contributed by atoms with Crippen LogP contribution in [0.5, 0.6) is 0 Å². The number of nitrogens with one attached hydrogen (secondary N) is 1. The summed E-state index contributed by atoms with van der Waals surface area (Å²) < 4.78 is 25.0. The fraction of sp³-hybridized carbons (Fsp3) is 0.333. The first kappa shape index (κ1) is 10.8. The number of rotatable bonds is 3. The normalized spacial score (nSPS) is 11.3. The number of nitrogens with two attached hydrogens (primary N) is 1. The summed E-state index contributed by atoms with van der Waals surface area (Å²) in [4.78, 5) is 0. The minimum atomic E-state index is -3.24. The minimum absolute atomic E-state index is 0.0420. The first-order valence-electron chi connectivity index (χ1n) is 4.31. The number of benzene rings is 1. The van der Waals surface area contributed by atoms with Crippen molar-refractivity contribution in [1.29, 1.82) is 0 Å². The molecular formula is C9H14N2O2S. The standard InChI is InChI=1S/C9H14N2O2S/c1-3-14(12,13)11-9-6-7(2)4-5-8(9)10/h4-6,11H,3,10H2,1-2H3. The van der Waals surface area contributed by atoms with Gasteiger partial charge in [-0.15, -0.1) is 0 Å². The van der Waals surface area contributed by atoms with Crippen LogP contribution in [-0.2, 0) is 10.0 Å². The van der Waals surface area contributed by atoms with Crippen LogP contribution in [-0.4, -0.2) is 14.2 Å². The molecule has 5 heteroatoms. The molecule has 14 heavy (non-hydrogen) atoms. The van der Waals surface area contributed by atoms with Crippen LogP contribution < -0.4 is 10.5 Å². The van der Waals surface area contributed by atoms with Crippen LogP contribution in [0.4, 0.5) is 11.4 Å². The van der Waals surface area contributed by atoms with Crippen molar-refractivity contribution in [2.45, 2.75) is 13.8 Å². The Morgan fingerprint density at radius 3 is 2.64 bits per heavy atom. The summed E-state index contributed by atoms with van der Waals surface area (Å²) in [6, 6.07) is 5.23. The molecule has 0 atom stereocenters. The van der Waals surface area contributed by atoms with Crippen LogP contribution >= 0.6 is 0 Å². The van der Waals surface area contributed by atoms with E-state index >= 15 is 0 Å². The third-order valence-corrected chi connectivity index (χ3v) is 3.15. The Morgan fingerprint density at radius 2 is 2.07 bits per heavy atom. The summed E-state index contributed by atoms with van der Waals surface area (Å²) >= 11 is 0. The molecule has 0 saturated carbocycles. The molecule has 0 unspecified atom stereocenters. The Bertz CT molecular complexity index is 426. The highest BCUT2D eigenvalue weighted by Gasteiger charge is 2.08. The van der Waals surface area contributed by atoms with Crippen molar-refractivity contribution in [2.24, 2.45) is 0 Å². The van der Waals surface area contributed by atoms with Crippen molar-refractivity contribution >= 4 is 21.4 Å². The first-order chi connectivity index (χ1) is 6.44. The summed E-state index contributed by atoms with van der Waals surface area (Å²) in [6.07, 6.45) is 0. The van der Waals surface area contributed by atoms with Gasteiger partial charge in [0.2, 0.25) is 10.0 Å². The molecule has 0 fully saturated rings. The zero-order chi connectivity index (χ0) is 10.8. The number of anilines is 2. The van der Waals surface area contributed by atoms with Crippen LogP contribution in [0.3, 0.4) is 0 Å². The van der Waals surface area contributed by atoms with Gasteiger partial charge in [0, 0.05) is 0 Å². The molecule has 0 aliphatic heterocycles. The molecule has 0 saturated heterocycles. The predicted octanol–water partition coefficient (Wildman–Crippen LogP) is 1.34. The Morgan fingerprint density at radius 1 is 1.43 bits per heavy atom. The second kappa shape index (κ2) is 3.88. The van der Waals surface area contributed by atoms with Gasteiger partial charge in [0.25, 0.3) is 0 Å². The van der Waals surface area contributed by atoms with Gasteiger partial charge in [0.15, 0.2) is 0 Å². The maximum atomic E-state index is 11.3. The van der Waals surface area contributed by atoms with E-state index in [0.29, 0.717) is 11.4 Å². The first-order valence-corrected chi connectivity index (χ1v) is 5.96. The van der Waals surface area contributed by atoms with Gasteiger partial charge in [-0.1, -0.05) is 6.07 Å². The highest BCUT2D eigenvalue weighted by molar-refractivity contribution is 7.92. The fourth-order valence-electron chi connectivity index (χ4n) is 0.998. The molecule has 4 nitrogen and oxygen atoms in total. The van der Waals surface area contributed by atoms with E-state index in [4.69, 9.17) is 5.73 Å². The van der Waals surface area contributed by atoms with Crippen LogP contribution in [0, 0.1) is 6.92 Å². The highest BCUT2D eigenvalue weighted by atomic mass is 32.2. The lowest BCUT2D eigenvalue weighted by atomic mass is 10.2. The average molecular weight is 214 g/mol. The zero-order valence-corrected chi connectivity index (χ0v) is 9.06. The molecule has 0 radical (unpaired) electrons. The number of hydrogen-bond acceptors (Lipinski definition) is 3. The Kier molecular flexibility index (Phi) is 3.00. The molecule has 0 heterocycles. The SMILES string of the molecule is CCS(=O)(=O)Nc1cc(C)ccc1N. The van der Waals surface area contributed by atoms with Gasteiger partial charge in [-0.25, -0.2) is 8.42 Å². The Labute approximate surface area is 84.2 Å². The van der Waals surface area contributed by atoms with Gasteiger partial charge in [-0.3, -0.25) is 4.72 Å². The predicted molar refractivity (Wildman–Crippen MR) is 58.7 cm³/mol. The lowest BCUT2D eigenvalue weighted by Crippen LogP contribution is -2.15. The van der Waals surface area contributed by atoms with E-state index in [0.717, 1.165) is 5.56 Å². The highest BCUT2D eigenvalue weighted by Crippen LogP contribution is 2.20. The lowest BCUT2D eigenvalue weighted by Gasteiger charge is -2.09. The topological polar surface area (TPSA) is 72.2 Å². The molecule has 0 amide bonds. The molecule has 0 aliphatic carbocycles. The summed E-state index contributed by atoms with van der Waals surface area (Å²) in [7, 11) is -3.24. The summed E-state index contributed by atoms with van der Waals surface area (Å²) in [5.74, 6) is 0.0420. The quantitative estimate of drug-likeness (QED) is 0.746. The van der Waals surface area contributed by atoms with E-state index in [1.807, 2.05) is 13.0 Å². The number of aryl methyl sites for hydroxylation is 1. The van der Waals surface area contributed by atoms with Crippen molar-refractivity contribution < 1.29 is 8.42 Å². The second-order valence-electron chi connectivity index (χ2n) is 3.10. The van der Waals surface area contributed by atoms with Gasteiger partial charge < -0.3 is 5.73 Å². The minimum Gasteiger partial charge on any atom is -0.397 e. The van der Waals surface area contributed by atoms with E-state index < -0.39 is 10.0 Å². The fourth-order valence-corrected chi connectivity index (χ4v) is 1.65. The van der Waals surface area contributed by atoms with Crippen molar-refractivity contribution in [3.8, 4) is 0 Å². The largest absolute Gasteiger partial charge is 0.397 e. The van der Waals surface area contributed by atoms with Gasteiger partial charge >= 0.3 is 0 Å². The smallest absolute Gasteiger partial charge is 0.232 e. The molecule has 1 rings (SSSR count). The molecule has 78 valence electrons. The van der Waals surface area contributed by atoms with E-state index in [1.54, 1.807) is 19.1 Å². The molecule has 0 bridgehead atoms. The molecule has 0 aliphatic rings. The van der Waals surface area contributed by atoms with Crippen LogP contribution in [0.25, 0.3) is 0 Å². The lowest BCUT2D eigenvalue weighted by molar-refractivity contribution is 0.602. The maximum Gasteiger partial charge on any atom is 0.232 e. The monoisotopic (exact) mass is 214 g/mol. The van der Waals surface area contributed by atoms with Gasteiger partial charge in [-0.2, -0.15) is 0 Å². The average Bonchev–Trinajstić information content (AvgIpc) is 2.11. The van der Waals surface area contributed by atoms with E-state index in [2.05, 4.69) is 4.72 Å². The van der Waals surface area contributed by atoms with Crippen LogP contribution in [0.2, 0.25) is 0 Å². The van der Waals surface area contributed by atoms with Crippen LogP contribution in [0.15, 0.2) is 18.2 Å². The van der Waals surface area contributed by atoms with Crippen molar-refractivity contribution in [2.75, 3.05) is 16.2 Å².